The van der Waals surface area contributed by atoms with Gasteiger partial charge in [0, 0.05) is 24.4 Å². The third-order valence-corrected chi connectivity index (χ3v) is 3.90. The van der Waals surface area contributed by atoms with Crippen LogP contribution in [0, 0.1) is 6.92 Å². The minimum atomic E-state index is -3.73. The second kappa shape index (κ2) is 5.88. The number of nitrogens with zero attached hydrogens (tertiary/aromatic N) is 2. The van der Waals surface area contributed by atoms with Gasteiger partial charge in [-0.25, -0.2) is 18.4 Å². The van der Waals surface area contributed by atoms with Crippen molar-refractivity contribution in [3.8, 4) is 0 Å². The first-order valence-electron chi connectivity index (χ1n) is 6.06. The number of carbonyl (C=O) groups is 1. The number of carbonyl (C=O) groups excluding carboxylic acids is 1. The Bertz CT molecular complexity index is 757. The first-order valence-corrected chi connectivity index (χ1v) is 7.54. The molecule has 2 rings (SSSR count). The van der Waals surface area contributed by atoms with Crippen molar-refractivity contribution in [1.29, 1.82) is 0 Å². The summed E-state index contributed by atoms with van der Waals surface area (Å²) < 4.78 is 26.7. The van der Waals surface area contributed by atoms with Gasteiger partial charge in [0.15, 0.2) is 0 Å². The molecule has 110 valence electrons. The van der Waals surface area contributed by atoms with E-state index in [0.717, 1.165) is 0 Å². The summed E-state index contributed by atoms with van der Waals surface area (Å²) in [5.41, 5.74) is 1.18. The zero-order chi connectivity index (χ0) is 15.5. The fourth-order valence-electron chi connectivity index (χ4n) is 1.63. The quantitative estimate of drug-likeness (QED) is 0.892. The molecule has 1 aromatic carbocycles. The predicted octanol–water partition coefficient (Wildman–Crippen LogP) is 1.54. The maximum absolute atomic E-state index is 12.2. The van der Waals surface area contributed by atoms with Crippen molar-refractivity contribution in [2.45, 2.75) is 18.7 Å². The van der Waals surface area contributed by atoms with Crippen LogP contribution in [0.2, 0.25) is 0 Å². The van der Waals surface area contributed by atoms with Gasteiger partial charge in [0.25, 0.3) is 10.0 Å². The Kier molecular flexibility index (Phi) is 4.18. The van der Waals surface area contributed by atoms with Gasteiger partial charge in [-0.2, -0.15) is 0 Å². The largest absolute Gasteiger partial charge is 0.326 e. The van der Waals surface area contributed by atoms with E-state index in [2.05, 4.69) is 20.0 Å². The van der Waals surface area contributed by atoms with Gasteiger partial charge in [-0.05, 0) is 31.2 Å². The van der Waals surface area contributed by atoms with E-state index in [-0.39, 0.29) is 16.6 Å². The number of amides is 1. The zero-order valence-electron chi connectivity index (χ0n) is 11.5. The van der Waals surface area contributed by atoms with Gasteiger partial charge in [-0.15, -0.1) is 0 Å². The van der Waals surface area contributed by atoms with Crippen LogP contribution < -0.4 is 10.0 Å². The van der Waals surface area contributed by atoms with Crippen LogP contribution in [0.25, 0.3) is 0 Å². The van der Waals surface area contributed by atoms with Crippen LogP contribution in [-0.4, -0.2) is 24.3 Å². The molecule has 21 heavy (non-hydrogen) atoms. The van der Waals surface area contributed by atoms with E-state index in [1.807, 2.05) is 0 Å². The first kappa shape index (κ1) is 14.9. The van der Waals surface area contributed by atoms with Crippen LogP contribution >= 0.6 is 0 Å². The van der Waals surface area contributed by atoms with E-state index in [4.69, 9.17) is 0 Å². The highest BCUT2D eigenvalue weighted by molar-refractivity contribution is 7.92. The smallest absolute Gasteiger partial charge is 0.263 e. The molecule has 0 aliphatic heterocycles. The van der Waals surface area contributed by atoms with Gasteiger partial charge >= 0.3 is 0 Å². The summed E-state index contributed by atoms with van der Waals surface area (Å²) >= 11 is 0. The van der Waals surface area contributed by atoms with Crippen LogP contribution in [0.5, 0.6) is 0 Å². The second-order valence-electron chi connectivity index (χ2n) is 4.36. The average molecular weight is 306 g/mol. The van der Waals surface area contributed by atoms with E-state index < -0.39 is 10.0 Å². The molecule has 2 N–H and O–H groups in total. The minimum Gasteiger partial charge on any atom is -0.326 e. The third-order valence-electron chi connectivity index (χ3n) is 2.53. The maximum Gasteiger partial charge on any atom is 0.263 e. The van der Waals surface area contributed by atoms with Gasteiger partial charge in [0.1, 0.15) is 12.1 Å². The van der Waals surface area contributed by atoms with Crippen molar-refractivity contribution < 1.29 is 13.2 Å². The van der Waals surface area contributed by atoms with E-state index in [0.29, 0.717) is 11.4 Å². The molecule has 0 spiro atoms. The molecule has 0 radical (unpaired) electrons. The van der Waals surface area contributed by atoms with Crippen molar-refractivity contribution in [2.24, 2.45) is 0 Å². The highest BCUT2D eigenvalue weighted by Gasteiger charge is 2.15. The Morgan fingerprint density at radius 1 is 1.14 bits per heavy atom. The molecule has 0 aliphatic carbocycles. The monoisotopic (exact) mass is 306 g/mol. The Hall–Kier alpha value is -2.48. The van der Waals surface area contributed by atoms with Gasteiger partial charge in [-0.3, -0.25) is 9.52 Å². The standard InChI is InChI=1S/C13H14N4O3S/c1-9-7-13(15-8-14-9)17-21(19,20)12-5-3-11(4-6-12)16-10(2)18/h3-8H,1-2H3,(H,16,18)(H,14,15,17). The number of rotatable bonds is 4. The number of aryl methyl sites for hydroxylation is 1. The van der Waals surface area contributed by atoms with E-state index in [1.54, 1.807) is 6.92 Å². The molecule has 0 bridgehead atoms. The Labute approximate surface area is 122 Å². The lowest BCUT2D eigenvalue weighted by molar-refractivity contribution is -0.114. The van der Waals surface area contributed by atoms with Crippen LogP contribution in [0.3, 0.4) is 0 Å². The van der Waals surface area contributed by atoms with Crippen molar-refractivity contribution in [1.82, 2.24) is 9.97 Å². The Morgan fingerprint density at radius 3 is 2.38 bits per heavy atom. The third kappa shape index (κ3) is 3.99. The average Bonchev–Trinajstić information content (AvgIpc) is 2.38. The second-order valence-corrected chi connectivity index (χ2v) is 6.04. The lowest BCUT2D eigenvalue weighted by atomic mass is 10.3. The van der Waals surface area contributed by atoms with Crippen LogP contribution in [0.15, 0.2) is 41.6 Å². The molecule has 1 aromatic heterocycles. The minimum absolute atomic E-state index is 0.0767. The molecular weight excluding hydrogens is 292 g/mol. The van der Waals surface area contributed by atoms with Crippen molar-refractivity contribution >= 4 is 27.4 Å². The summed E-state index contributed by atoms with van der Waals surface area (Å²) in [4.78, 5) is 18.7. The highest BCUT2D eigenvalue weighted by atomic mass is 32.2. The van der Waals surface area contributed by atoms with Crippen LogP contribution in [-0.2, 0) is 14.8 Å². The van der Waals surface area contributed by atoms with Gasteiger partial charge < -0.3 is 5.32 Å². The predicted molar refractivity (Wildman–Crippen MR) is 78.3 cm³/mol. The molecule has 0 saturated carbocycles. The van der Waals surface area contributed by atoms with Crippen LogP contribution in [0.4, 0.5) is 11.5 Å². The van der Waals surface area contributed by atoms with E-state index >= 15 is 0 Å². The topological polar surface area (TPSA) is 101 Å². The molecule has 0 unspecified atom stereocenters. The number of nitrogens with one attached hydrogen (secondary N) is 2. The number of anilines is 2. The van der Waals surface area contributed by atoms with Crippen molar-refractivity contribution in [3.05, 3.63) is 42.4 Å². The molecule has 0 atom stereocenters. The van der Waals surface area contributed by atoms with Gasteiger partial charge in [0.2, 0.25) is 5.91 Å². The number of hydrogen-bond acceptors (Lipinski definition) is 5. The van der Waals surface area contributed by atoms with Crippen molar-refractivity contribution in [3.63, 3.8) is 0 Å². The first-order chi connectivity index (χ1) is 9.87. The summed E-state index contributed by atoms with van der Waals surface area (Å²) in [6, 6.07) is 7.37. The fraction of sp³-hybridized carbons (Fsp3) is 0.154. The lowest BCUT2D eigenvalue weighted by Crippen LogP contribution is -2.14. The van der Waals surface area contributed by atoms with Crippen molar-refractivity contribution in [2.75, 3.05) is 10.0 Å². The van der Waals surface area contributed by atoms with Gasteiger partial charge in [0.05, 0.1) is 4.90 Å². The molecule has 8 heteroatoms. The fourth-order valence-corrected chi connectivity index (χ4v) is 2.63. The van der Waals surface area contributed by atoms with Crippen LogP contribution in [0.1, 0.15) is 12.6 Å². The molecule has 1 amide bonds. The number of aromatic nitrogens is 2. The molecule has 0 aliphatic rings. The van der Waals surface area contributed by atoms with Gasteiger partial charge in [-0.1, -0.05) is 0 Å². The molecule has 0 saturated heterocycles. The summed E-state index contributed by atoms with van der Waals surface area (Å²) in [6.07, 6.45) is 1.28. The summed E-state index contributed by atoms with van der Waals surface area (Å²) in [7, 11) is -3.73. The molecule has 7 nitrogen and oxygen atoms in total. The van der Waals surface area contributed by atoms with E-state index in [1.165, 1.54) is 43.6 Å². The zero-order valence-corrected chi connectivity index (χ0v) is 12.3. The Balaban J connectivity index is 2.21. The SMILES string of the molecule is CC(=O)Nc1ccc(S(=O)(=O)Nc2cc(C)ncn2)cc1. The normalized spacial score (nSPS) is 11.0. The van der Waals surface area contributed by atoms with E-state index in [9.17, 15) is 13.2 Å². The maximum atomic E-state index is 12.2. The summed E-state index contributed by atoms with van der Waals surface area (Å²) in [5, 5.41) is 2.57. The highest BCUT2D eigenvalue weighted by Crippen LogP contribution is 2.17. The number of sulfonamides is 1. The molecular formula is C13H14N4O3S. The Morgan fingerprint density at radius 2 is 1.81 bits per heavy atom. The number of hydrogen-bond donors (Lipinski definition) is 2. The number of benzene rings is 1. The summed E-state index contributed by atoms with van der Waals surface area (Å²) in [5.74, 6) is -0.0198. The lowest BCUT2D eigenvalue weighted by Gasteiger charge is -2.08. The summed E-state index contributed by atoms with van der Waals surface area (Å²) in [6.45, 7) is 3.12. The molecule has 0 fully saturated rings. The molecule has 1 heterocycles. The molecule has 2 aromatic rings.